The van der Waals surface area contributed by atoms with Crippen LogP contribution in [0, 0.1) is 0 Å². The maximum atomic E-state index is 12.8. The predicted molar refractivity (Wildman–Crippen MR) is 95.7 cm³/mol. The van der Waals surface area contributed by atoms with Crippen molar-refractivity contribution in [3.8, 4) is 11.5 Å². The van der Waals surface area contributed by atoms with Crippen LogP contribution in [0.1, 0.15) is 24.1 Å². The molecular formula is C21H20N2O2. The molecule has 0 aliphatic heterocycles. The maximum Gasteiger partial charge on any atom is 0.229 e. The average molecular weight is 332 g/mol. The number of oxazole rings is 1. The molecule has 0 saturated heterocycles. The van der Waals surface area contributed by atoms with Crippen LogP contribution in [-0.2, 0) is 17.8 Å². The molecule has 2 aromatic carbocycles. The Kier molecular flexibility index (Phi) is 4.34. The SMILES string of the molecule is O=C(Cc1coc(-c2ccccc2)n1)N(Cc1ccccc1)C1CC1. The minimum absolute atomic E-state index is 0.110. The molecule has 4 nitrogen and oxygen atoms in total. The molecule has 0 atom stereocenters. The fourth-order valence-electron chi connectivity index (χ4n) is 2.95. The van der Waals surface area contributed by atoms with Crippen molar-refractivity contribution in [3.05, 3.63) is 78.2 Å². The summed E-state index contributed by atoms with van der Waals surface area (Å²) in [5.74, 6) is 0.670. The van der Waals surface area contributed by atoms with Crippen LogP contribution in [-0.4, -0.2) is 21.8 Å². The Bertz CT molecular complexity index is 839. The van der Waals surface area contributed by atoms with Crippen molar-refractivity contribution in [1.29, 1.82) is 0 Å². The number of nitrogens with zero attached hydrogens (tertiary/aromatic N) is 2. The summed E-state index contributed by atoms with van der Waals surface area (Å²) in [7, 11) is 0. The van der Waals surface area contributed by atoms with E-state index in [0.717, 1.165) is 24.0 Å². The fourth-order valence-corrected chi connectivity index (χ4v) is 2.95. The summed E-state index contributed by atoms with van der Waals surface area (Å²) in [5, 5.41) is 0. The van der Waals surface area contributed by atoms with Gasteiger partial charge in [-0.15, -0.1) is 0 Å². The van der Waals surface area contributed by atoms with Crippen molar-refractivity contribution in [2.45, 2.75) is 31.8 Å². The molecule has 0 N–H and O–H groups in total. The van der Waals surface area contributed by atoms with E-state index in [9.17, 15) is 4.79 Å². The zero-order chi connectivity index (χ0) is 17.1. The highest BCUT2D eigenvalue weighted by Crippen LogP contribution is 2.29. The van der Waals surface area contributed by atoms with Gasteiger partial charge in [-0.3, -0.25) is 4.79 Å². The van der Waals surface area contributed by atoms with E-state index in [1.807, 2.05) is 53.4 Å². The molecule has 0 radical (unpaired) electrons. The van der Waals surface area contributed by atoms with Gasteiger partial charge in [-0.05, 0) is 30.5 Å². The van der Waals surface area contributed by atoms with Crippen LogP contribution in [0.2, 0.25) is 0 Å². The van der Waals surface area contributed by atoms with E-state index < -0.39 is 0 Å². The van der Waals surface area contributed by atoms with Gasteiger partial charge in [0.15, 0.2) is 0 Å². The number of amides is 1. The highest BCUT2D eigenvalue weighted by molar-refractivity contribution is 5.79. The van der Waals surface area contributed by atoms with Crippen molar-refractivity contribution in [1.82, 2.24) is 9.88 Å². The molecule has 25 heavy (non-hydrogen) atoms. The van der Waals surface area contributed by atoms with Gasteiger partial charge in [-0.2, -0.15) is 0 Å². The van der Waals surface area contributed by atoms with Gasteiger partial charge < -0.3 is 9.32 Å². The molecule has 126 valence electrons. The van der Waals surface area contributed by atoms with Crippen molar-refractivity contribution >= 4 is 5.91 Å². The minimum atomic E-state index is 0.110. The molecular weight excluding hydrogens is 312 g/mol. The Balaban J connectivity index is 1.46. The molecule has 0 unspecified atom stereocenters. The van der Waals surface area contributed by atoms with Crippen molar-refractivity contribution in [3.63, 3.8) is 0 Å². The van der Waals surface area contributed by atoms with Gasteiger partial charge in [0.05, 0.1) is 12.1 Å². The lowest BCUT2D eigenvalue weighted by molar-refractivity contribution is -0.131. The first-order chi connectivity index (χ1) is 12.3. The molecule has 4 rings (SSSR count). The second-order valence-electron chi connectivity index (χ2n) is 6.43. The molecule has 1 amide bonds. The van der Waals surface area contributed by atoms with E-state index in [1.165, 1.54) is 0 Å². The summed E-state index contributed by atoms with van der Waals surface area (Å²) >= 11 is 0. The topological polar surface area (TPSA) is 46.3 Å². The number of hydrogen-bond donors (Lipinski definition) is 0. The van der Waals surface area contributed by atoms with Gasteiger partial charge in [0.2, 0.25) is 11.8 Å². The van der Waals surface area contributed by atoms with Crippen LogP contribution in [0.4, 0.5) is 0 Å². The number of hydrogen-bond acceptors (Lipinski definition) is 3. The monoisotopic (exact) mass is 332 g/mol. The van der Waals surface area contributed by atoms with Crippen molar-refractivity contribution in [2.24, 2.45) is 0 Å². The Morgan fingerprint density at radius 2 is 1.72 bits per heavy atom. The van der Waals surface area contributed by atoms with E-state index in [0.29, 0.717) is 24.2 Å². The lowest BCUT2D eigenvalue weighted by Gasteiger charge is -2.22. The summed E-state index contributed by atoms with van der Waals surface area (Å²) in [6, 6.07) is 20.2. The molecule has 0 spiro atoms. The molecule has 1 saturated carbocycles. The quantitative estimate of drug-likeness (QED) is 0.683. The molecule has 0 bridgehead atoms. The van der Waals surface area contributed by atoms with E-state index in [-0.39, 0.29) is 12.3 Å². The largest absolute Gasteiger partial charge is 0.444 e. The standard InChI is InChI=1S/C21H20N2O2/c24-20(23(19-11-12-19)14-16-7-3-1-4-8-16)13-18-15-25-21(22-18)17-9-5-2-6-10-17/h1-10,15,19H,11-14H2. The molecule has 1 aromatic heterocycles. The van der Waals surface area contributed by atoms with Gasteiger partial charge in [-0.1, -0.05) is 48.5 Å². The van der Waals surface area contributed by atoms with E-state index in [2.05, 4.69) is 17.1 Å². The summed E-state index contributed by atoms with van der Waals surface area (Å²) in [5.41, 5.74) is 2.76. The van der Waals surface area contributed by atoms with Crippen molar-refractivity contribution < 1.29 is 9.21 Å². The maximum absolute atomic E-state index is 12.8. The Morgan fingerprint density at radius 1 is 1.04 bits per heavy atom. The first-order valence-corrected chi connectivity index (χ1v) is 8.63. The van der Waals surface area contributed by atoms with Crippen LogP contribution >= 0.6 is 0 Å². The first-order valence-electron chi connectivity index (χ1n) is 8.63. The smallest absolute Gasteiger partial charge is 0.229 e. The highest BCUT2D eigenvalue weighted by Gasteiger charge is 2.32. The second-order valence-corrected chi connectivity index (χ2v) is 6.43. The van der Waals surface area contributed by atoms with Crippen LogP contribution in [0.5, 0.6) is 0 Å². The molecule has 1 aliphatic rings. The Hall–Kier alpha value is -2.88. The summed E-state index contributed by atoms with van der Waals surface area (Å²) in [4.78, 5) is 19.2. The molecule has 4 heteroatoms. The van der Waals surface area contributed by atoms with Crippen LogP contribution in [0.25, 0.3) is 11.5 Å². The second kappa shape index (κ2) is 6.93. The average Bonchev–Trinajstić information content (AvgIpc) is 3.39. The zero-order valence-electron chi connectivity index (χ0n) is 14.0. The summed E-state index contributed by atoms with van der Waals surface area (Å²) in [6.07, 6.45) is 4.05. The Labute approximate surface area is 147 Å². The van der Waals surface area contributed by atoms with E-state index in [1.54, 1.807) is 6.26 Å². The first kappa shape index (κ1) is 15.6. The molecule has 3 aromatic rings. The summed E-state index contributed by atoms with van der Waals surface area (Å²) in [6.45, 7) is 0.660. The third-order valence-electron chi connectivity index (χ3n) is 4.41. The van der Waals surface area contributed by atoms with E-state index >= 15 is 0 Å². The third kappa shape index (κ3) is 3.79. The van der Waals surface area contributed by atoms with Gasteiger partial charge >= 0.3 is 0 Å². The van der Waals surface area contributed by atoms with Gasteiger partial charge in [0.25, 0.3) is 0 Å². The number of carbonyl (C=O) groups is 1. The molecule has 1 aliphatic carbocycles. The van der Waals surface area contributed by atoms with Gasteiger partial charge in [0, 0.05) is 18.2 Å². The minimum Gasteiger partial charge on any atom is -0.444 e. The van der Waals surface area contributed by atoms with Crippen LogP contribution in [0.3, 0.4) is 0 Å². The lowest BCUT2D eigenvalue weighted by Crippen LogP contribution is -2.33. The molecule has 1 fully saturated rings. The van der Waals surface area contributed by atoms with Gasteiger partial charge in [0.1, 0.15) is 6.26 Å². The predicted octanol–water partition coefficient (Wildman–Crippen LogP) is 4.08. The highest BCUT2D eigenvalue weighted by atomic mass is 16.3. The number of benzene rings is 2. The number of aromatic nitrogens is 1. The van der Waals surface area contributed by atoms with Crippen LogP contribution < -0.4 is 0 Å². The van der Waals surface area contributed by atoms with Crippen molar-refractivity contribution in [2.75, 3.05) is 0 Å². The van der Waals surface area contributed by atoms with Gasteiger partial charge in [-0.25, -0.2) is 4.98 Å². The number of carbonyl (C=O) groups excluding carboxylic acids is 1. The molecule has 1 heterocycles. The lowest BCUT2D eigenvalue weighted by atomic mass is 10.2. The normalized spacial score (nSPS) is 13.6. The fraction of sp³-hybridized carbons (Fsp3) is 0.238. The number of rotatable bonds is 6. The van der Waals surface area contributed by atoms with E-state index in [4.69, 9.17) is 4.42 Å². The third-order valence-corrected chi connectivity index (χ3v) is 4.41. The summed E-state index contributed by atoms with van der Waals surface area (Å²) < 4.78 is 5.54. The zero-order valence-corrected chi connectivity index (χ0v) is 14.0. The Morgan fingerprint density at radius 3 is 2.40 bits per heavy atom. The van der Waals surface area contributed by atoms with Crippen LogP contribution in [0.15, 0.2) is 71.3 Å².